The summed E-state index contributed by atoms with van der Waals surface area (Å²) in [5.41, 5.74) is 2.15. The molecule has 0 N–H and O–H groups in total. The Bertz CT molecular complexity index is 640. The fraction of sp³-hybridized carbons (Fsp3) is 0.133. The normalized spacial score (nSPS) is 10.5. The van der Waals surface area contributed by atoms with Crippen LogP contribution in [-0.4, -0.2) is 5.78 Å². The fourth-order valence-corrected chi connectivity index (χ4v) is 2.32. The monoisotopic (exact) mass is 340 g/mol. The van der Waals surface area contributed by atoms with Crippen molar-refractivity contribution in [2.45, 2.75) is 13.3 Å². The first-order valence-corrected chi connectivity index (χ1v) is 6.88. The molecule has 98 valence electrons. The first-order valence-electron chi connectivity index (χ1n) is 5.71. The van der Waals surface area contributed by atoms with Crippen LogP contribution in [-0.2, 0) is 6.42 Å². The molecule has 0 heterocycles. The summed E-state index contributed by atoms with van der Waals surface area (Å²) in [7, 11) is 0. The maximum absolute atomic E-state index is 13.3. The maximum Gasteiger partial charge on any atom is 0.167 e. The number of carbonyl (C=O) groups excluding carboxylic acids is 1. The van der Waals surface area contributed by atoms with Crippen LogP contribution in [0.15, 0.2) is 40.9 Å². The second-order valence-electron chi connectivity index (χ2n) is 4.26. The molecule has 0 fully saturated rings. The minimum absolute atomic E-state index is 0.0412. The third-order valence-corrected chi connectivity index (χ3v) is 4.08. The van der Waals surface area contributed by atoms with Gasteiger partial charge in [-0.25, -0.2) is 4.39 Å². The molecule has 0 amide bonds. The summed E-state index contributed by atoms with van der Waals surface area (Å²) in [6.07, 6.45) is 0.158. The quantitative estimate of drug-likeness (QED) is 0.720. The summed E-state index contributed by atoms with van der Waals surface area (Å²) in [6.45, 7) is 1.87. The van der Waals surface area contributed by atoms with Gasteiger partial charge in [-0.3, -0.25) is 4.79 Å². The second-order valence-corrected chi connectivity index (χ2v) is 5.52. The molecule has 0 saturated heterocycles. The van der Waals surface area contributed by atoms with Gasteiger partial charge in [-0.15, -0.1) is 0 Å². The molecule has 0 aliphatic carbocycles. The molecule has 4 heteroatoms. The molecule has 2 rings (SSSR count). The summed E-state index contributed by atoms with van der Waals surface area (Å²) >= 11 is 9.01. The van der Waals surface area contributed by atoms with Crippen molar-refractivity contribution in [3.8, 4) is 0 Å². The van der Waals surface area contributed by atoms with Crippen molar-refractivity contribution in [3.63, 3.8) is 0 Å². The standard InChI is InChI=1S/C15H11BrClFO/c1-9-11(3-2-4-12(9)16)15(19)8-10-5-6-13(17)14(18)7-10/h2-7H,8H2,1H3. The van der Waals surface area contributed by atoms with Crippen molar-refractivity contribution >= 4 is 33.3 Å². The fourth-order valence-electron chi connectivity index (χ4n) is 1.84. The molecule has 0 aliphatic heterocycles. The molecular weight excluding hydrogens is 331 g/mol. The maximum atomic E-state index is 13.3. The van der Waals surface area contributed by atoms with Crippen molar-refractivity contribution in [2.75, 3.05) is 0 Å². The van der Waals surface area contributed by atoms with E-state index in [0.717, 1.165) is 10.0 Å². The van der Waals surface area contributed by atoms with E-state index in [2.05, 4.69) is 15.9 Å². The molecule has 0 aliphatic rings. The van der Waals surface area contributed by atoms with Crippen LogP contribution in [0.4, 0.5) is 4.39 Å². The highest BCUT2D eigenvalue weighted by molar-refractivity contribution is 9.10. The third kappa shape index (κ3) is 3.23. The van der Waals surface area contributed by atoms with E-state index in [1.807, 2.05) is 19.1 Å². The van der Waals surface area contributed by atoms with E-state index in [0.29, 0.717) is 11.1 Å². The summed E-state index contributed by atoms with van der Waals surface area (Å²) < 4.78 is 14.2. The molecule has 2 aromatic carbocycles. The molecule has 0 atom stereocenters. The Morgan fingerprint density at radius 2 is 2.05 bits per heavy atom. The van der Waals surface area contributed by atoms with Gasteiger partial charge in [0.25, 0.3) is 0 Å². The third-order valence-electron chi connectivity index (χ3n) is 2.92. The van der Waals surface area contributed by atoms with Crippen LogP contribution in [0.3, 0.4) is 0 Å². The molecular formula is C15H11BrClFO. The molecule has 0 radical (unpaired) electrons. The number of hydrogen-bond donors (Lipinski definition) is 0. The van der Waals surface area contributed by atoms with Crippen LogP contribution < -0.4 is 0 Å². The summed E-state index contributed by atoms with van der Waals surface area (Å²) in [6, 6.07) is 9.90. The van der Waals surface area contributed by atoms with E-state index in [1.54, 1.807) is 12.1 Å². The van der Waals surface area contributed by atoms with Crippen molar-refractivity contribution in [3.05, 3.63) is 68.4 Å². The van der Waals surface area contributed by atoms with Crippen LogP contribution in [0.25, 0.3) is 0 Å². The molecule has 2 aromatic rings. The Morgan fingerprint density at radius 3 is 2.74 bits per heavy atom. The number of rotatable bonds is 3. The first-order chi connectivity index (χ1) is 8.99. The van der Waals surface area contributed by atoms with Crippen LogP contribution in [0.1, 0.15) is 21.5 Å². The topological polar surface area (TPSA) is 17.1 Å². The lowest BCUT2D eigenvalue weighted by Gasteiger charge is -2.07. The lowest BCUT2D eigenvalue weighted by atomic mass is 9.99. The molecule has 0 aromatic heterocycles. The molecule has 19 heavy (non-hydrogen) atoms. The SMILES string of the molecule is Cc1c(Br)cccc1C(=O)Cc1ccc(Cl)c(F)c1. The van der Waals surface area contributed by atoms with Gasteiger partial charge in [0.15, 0.2) is 5.78 Å². The van der Waals surface area contributed by atoms with E-state index in [1.165, 1.54) is 12.1 Å². The summed E-state index contributed by atoms with van der Waals surface area (Å²) in [4.78, 5) is 12.2. The minimum atomic E-state index is -0.502. The van der Waals surface area contributed by atoms with Gasteiger partial charge in [0.1, 0.15) is 5.82 Å². The smallest absolute Gasteiger partial charge is 0.167 e. The number of benzene rings is 2. The van der Waals surface area contributed by atoms with Gasteiger partial charge >= 0.3 is 0 Å². The zero-order valence-electron chi connectivity index (χ0n) is 10.2. The molecule has 0 spiro atoms. The Labute approximate surface area is 124 Å². The van der Waals surface area contributed by atoms with Crippen molar-refractivity contribution in [2.24, 2.45) is 0 Å². The van der Waals surface area contributed by atoms with E-state index >= 15 is 0 Å². The number of carbonyl (C=O) groups is 1. The molecule has 1 nitrogen and oxygen atoms in total. The van der Waals surface area contributed by atoms with Gasteiger partial charge in [0.2, 0.25) is 0 Å². The van der Waals surface area contributed by atoms with Gasteiger partial charge in [-0.2, -0.15) is 0 Å². The number of halogens is 3. The van der Waals surface area contributed by atoms with Gasteiger partial charge < -0.3 is 0 Å². The highest BCUT2D eigenvalue weighted by Crippen LogP contribution is 2.22. The summed E-state index contributed by atoms with van der Waals surface area (Å²) in [5, 5.41) is 0.0647. The van der Waals surface area contributed by atoms with E-state index in [4.69, 9.17) is 11.6 Å². The highest BCUT2D eigenvalue weighted by atomic mass is 79.9. The zero-order valence-corrected chi connectivity index (χ0v) is 12.6. The number of hydrogen-bond acceptors (Lipinski definition) is 1. The average molecular weight is 342 g/mol. The van der Waals surface area contributed by atoms with E-state index < -0.39 is 5.82 Å². The number of ketones is 1. The second kappa shape index (κ2) is 5.85. The van der Waals surface area contributed by atoms with E-state index in [9.17, 15) is 9.18 Å². The predicted octanol–water partition coefficient (Wildman–Crippen LogP) is 4.98. The van der Waals surface area contributed by atoms with Crippen LogP contribution >= 0.6 is 27.5 Å². The van der Waals surface area contributed by atoms with Crippen molar-refractivity contribution < 1.29 is 9.18 Å². The Morgan fingerprint density at radius 1 is 1.32 bits per heavy atom. The van der Waals surface area contributed by atoms with Crippen molar-refractivity contribution in [1.82, 2.24) is 0 Å². The van der Waals surface area contributed by atoms with Crippen LogP contribution in [0.5, 0.6) is 0 Å². The molecule has 0 unspecified atom stereocenters. The summed E-state index contributed by atoms with van der Waals surface area (Å²) in [5.74, 6) is -0.543. The van der Waals surface area contributed by atoms with Crippen molar-refractivity contribution in [1.29, 1.82) is 0 Å². The lowest BCUT2D eigenvalue weighted by Crippen LogP contribution is -2.06. The van der Waals surface area contributed by atoms with Crippen LogP contribution in [0.2, 0.25) is 5.02 Å². The van der Waals surface area contributed by atoms with Gasteiger partial charge in [0.05, 0.1) is 5.02 Å². The number of Topliss-reactive ketones (excluding diaryl/α,β-unsaturated/α-hetero) is 1. The van der Waals surface area contributed by atoms with Gasteiger partial charge in [-0.05, 0) is 36.2 Å². The van der Waals surface area contributed by atoms with Crippen LogP contribution in [0, 0.1) is 12.7 Å². The largest absolute Gasteiger partial charge is 0.294 e. The Hall–Kier alpha value is -1.19. The highest BCUT2D eigenvalue weighted by Gasteiger charge is 2.12. The lowest BCUT2D eigenvalue weighted by molar-refractivity contribution is 0.0992. The Balaban J connectivity index is 2.26. The predicted molar refractivity (Wildman–Crippen MR) is 78.3 cm³/mol. The average Bonchev–Trinajstić information content (AvgIpc) is 2.37. The van der Waals surface area contributed by atoms with Gasteiger partial charge in [0, 0.05) is 16.5 Å². The first kappa shape index (κ1) is 14.2. The Kier molecular flexibility index (Phi) is 4.38. The minimum Gasteiger partial charge on any atom is -0.294 e. The zero-order chi connectivity index (χ0) is 14.0. The molecule has 0 bridgehead atoms. The van der Waals surface area contributed by atoms with E-state index in [-0.39, 0.29) is 17.2 Å². The molecule has 0 saturated carbocycles. The van der Waals surface area contributed by atoms with Gasteiger partial charge in [-0.1, -0.05) is 45.7 Å².